The third-order valence-corrected chi connectivity index (χ3v) is 2.54. The number of hydrogen-bond donors (Lipinski definition) is 2. The number of nitrogens with one attached hydrogen (secondary N) is 1. The molecule has 2 unspecified atom stereocenters. The molecule has 0 aromatic heterocycles. The fourth-order valence-electron chi connectivity index (χ4n) is 1.63. The second kappa shape index (κ2) is 10.4. The predicted molar refractivity (Wildman–Crippen MR) is 64.1 cm³/mol. The fraction of sp³-hybridized carbons (Fsp3) is 1.00. The Morgan fingerprint density at radius 1 is 1.20 bits per heavy atom. The van der Waals surface area contributed by atoms with E-state index in [1.165, 1.54) is 12.8 Å². The molecule has 0 aliphatic carbocycles. The second-order valence-electron chi connectivity index (χ2n) is 4.15. The predicted octanol–water partition coefficient (Wildman–Crippen LogP) is 1.94. The average molecular weight is 217 g/mol. The minimum atomic E-state index is -0.212. The van der Waals surface area contributed by atoms with Gasteiger partial charge in [0, 0.05) is 19.7 Å². The average Bonchev–Trinajstić information content (AvgIpc) is 2.22. The summed E-state index contributed by atoms with van der Waals surface area (Å²) in [7, 11) is 1.73. The molecule has 0 aliphatic heterocycles. The van der Waals surface area contributed by atoms with Crippen molar-refractivity contribution >= 4 is 0 Å². The van der Waals surface area contributed by atoms with Crippen LogP contribution in [0.15, 0.2) is 0 Å². The number of unbranched alkanes of at least 4 members (excludes halogenated alkanes) is 1. The monoisotopic (exact) mass is 217 g/mol. The highest BCUT2D eigenvalue weighted by Gasteiger charge is 2.09. The van der Waals surface area contributed by atoms with Gasteiger partial charge in [-0.15, -0.1) is 0 Å². The summed E-state index contributed by atoms with van der Waals surface area (Å²) < 4.78 is 5.15. The highest BCUT2D eigenvalue weighted by atomic mass is 16.5. The zero-order chi connectivity index (χ0) is 11.5. The van der Waals surface area contributed by atoms with E-state index >= 15 is 0 Å². The lowest BCUT2D eigenvalue weighted by Crippen LogP contribution is -2.38. The van der Waals surface area contributed by atoms with Crippen LogP contribution >= 0.6 is 0 Å². The van der Waals surface area contributed by atoms with Crippen molar-refractivity contribution in [3.05, 3.63) is 0 Å². The largest absolute Gasteiger partial charge is 0.392 e. The fourth-order valence-corrected chi connectivity index (χ4v) is 1.63. The van der Waals surface area contributed by atoms with Crippen LogP contribution in [0.2, 0.25) is 0 Å². The molecule has 0 aromatic rings. The maximum atomic E-state index is 9.59. The van der Waals surface area contributed by atoms with E-state index in [0.717, 1.165) is 25.9 Å². The lowest BCUT2D eigenvalue weighted by molar-refractivity contribution is 0.129. The van der Waals surface area contributed by atoms with Gasteiger partial charge in [0.2, 0.25) is 0 Å². The molecule has 0 amide bonds. The maximum absolute atomic E-state index is 9.59. The van der Waals surface area contributed by atoms with Crippen molar-refractivity contribution in [1.82, 2.24) is 5.32 Å². The molecule has 2 atom stereocenters. The first-order valence-corrected chi connectivity index (χ1v) is 6.14. The van der Waals surface area contributed by atoms with Gasteiger partial charge in [-0.1, -0.05) is 33.1 Å². The van der Waals surface area contributed by atoms with E-state index in [1.807, 2.05) is 0 Å². The maximum Gasteiger partial charge on any atom is 0.0664 e. The van der Waals surface area contributed by atoms with E-state index in [1.54, 1.807) is 7.11 Å². The van der Waals surface area contributed by atoms with Gasteiger partial charge in [-0.3, -0.25) is 0 Å². The molecule has 0 saturated heterocycles. The zero-order valence-electron chi connectivity index (χ0n) is 10.5. The van der Waals surface area contributed by atoms with E-state index < -0.39 is 0 Å². The van der Waals surface area contributed by atoms with Gasteiger partial charge in [0.1, 0.15) is 0 Å². The lowest BCUT2D eigenvalue weighted by Gasteiger charge is -2.19. The Labute approximate surface area is 94.2 Å². The minimum Gasteiger partial charge on any atom is -0.392 e. The Bertz CT molecular complexity index is 131. The summed E-state index contributed by atoms with van der Waals surface area (Å²) in [4.78, 5) is 0. The number of ether oxygens (including phenoxy) is 1. The van der Waals surface area contributed by atoms with Crippen LogP contribution in [0, 0.1) is 0 Å². The van der Waals surface area contributed by atoms with Crippen molar-refractivity contribution in [3.63, 3.8) is 0 Å². The highest BCUT2D eigenvalue weighted by molar-refractivity contribution is 4.68. The Morgan fingerprint density at radius 2 is 1.93 bits per heavy atom. The third kappa shape index (κ3) is 8.85. The number of methoxy groups -OCH3 is 1. The first-order valence-electron chi connectivity index (χ1n) is 6.14. The van der Waals surface area contributed by atoms with Gasteiger partial charge in [-0.2, -0.15) is 0 Å². The number of aliphatic hydroxyl groups is 1. The van der Waals surface area contributed by atoms with Crippen molar-refractivity contribution in [2.24, 2.45) is 0 Å². The van der Waals surface area contributed by atoms with E-state index in [2.05, 4.69) is 19.2 Å². The molecule has 0 saturated carbocycles. The first-order chi connectivity index (χ1) is 7.24. The minimum absolute atomic E-state index is 0.212. The van der Waals surface area contributed by atoms with E-state index in [-0.39, 0.29) is 6.10 Å². The molecule has 0 aromatic carbocycles. The number of hydrogen-bond acceptors (Lipinski definition) is 3. The Balaban J connectivity index is 3.63. The molecule has 2 N–H and O–H groups in total. The smallest absolute Gasteiger partial charge is 0.0664 e. The summed E-state index contributed by atoms with van der Waals surface area (Å²) in [6.45, 7) is 5.70. The molecule has 0 spiro atoms. The van der Waals surface area contributed by atoms with E-state index in [0.29, 0.717) is 12.6 Å². The van der Waals surface area contributed by atoms with Crippen molar-refractivity contribution in [2.45, 2.75) is 58.1 Å². The summed E-state index contributed by atoms with van der Waals surface area (Å²) in [5, 5.41) is 13.0. The first kappa shape index (κ1) is 14.9. The van der Waals surface area contributed by atoms with Crippen LogP contribution in [0.4, 0.5) is 0 Å². The van der Waals surface area contributed by atoms with Gasteiger partial charge in [0.25, 0.3) is 0 Å². The van der Waals surface area contributed by atoms with E-state index in [4.69, 9.17) is 4.74 Å². The number of rotatable bonds is 10. The Kier molecular flexibility index (Phi) is 10.3. The van der Waals surface area contributed by atoms with Gasteiger partial charge in [-0.05, 0) is 12.8 Å². The van der Waals surface area contributed by atoms with Crippen molar-refractivity contribution in [2.75, 3.05) is 20.3 Å². The molecule has 0 radical (unpaired) electrons. The zero-order valence-corrected chi connectivity index (χ0v) is 10.5. The normalized spacial score (nSPS) is 15.2. The van der Waals surface area contributed by atoms with Crippen LogP contribution < -0.4 is 5.32 Å². The van der Waals surface area contributed by atoms with Crippen molar-refractivity contribution in [3.8, 4) is 0 Å². The van der Waals surface area contributed by atoms with Gasteiger partial charge in [0.05, 0.1) is 12.7 Å². The summed E-state index contributed by atoms with van der Waals surface area (Å²) in [6.07, 6.45) is 5.25. The van der Waals surface area contributed by atoms with Crippen LogP contribution in [0.1, 0.15) is 46.0 Å². The van der Waals surface area contributed by atoms with Crippen LogP contribution in [0.5, 0.6) is 0 Å². The van der Waals surface area contributed by atoms with Gasteiger partial charge in [-0.25, -0.2) is 0 Å². The molecule has 0 rings (SSSR count). The van der Waals surface area contributed by atoms with Crippen molar-refractivity contribution in [1.29, 1.82) is 0 Å². The molecule has 3 heteroatoms. The summed E-state index contributed by atoms with van der Waals surface area (Å²) in [6, 6.07) is 0.390. The number of aliphatic hydroxyl groups excluding tert-OH is 1. The second-order valence-corrected chi connectivity index (χ2v) is 4.15. The molecule has 0 aliphatic rings. The summed E-state index contributed by atoms with van der Waals surface area (Å²) in [5.41, 5.74) is 0. The molecular weight excluding hydrogens is 190 g/mol. The molecule has 0 fully saturated rings. The van der Waals surface area contributed by atoms with Crippen LogP contribution in [-0.2, 0) is 4.74 Å². The molecular formula is C12H27NO2. The van der Waals surface area contributed by atoms with Crippen LogP contribution in [0.25, 0.3) is 0 Å². The third-order valence-electron chi connectivity index (χ3n) is 2.54. The highest BCUT2D eigenvalue weighted by Crippen LogP contribution is 2.02. The van der Waals surface area contributed by atoms with Gasteiger partial charge >= 0.3 is 0 Å². The summed E-state index contributed by atoms with van der Waals surface area (Å²) >= 11 is 0. The van der Waals surface area contributed by atoms with Gasteiger partial charge in [0.15, 0.2) is 0 Å². The quantitative estimate of drug-likeness (QED) is 0.587. The molecule has 0 bridgehead atoms. The van der Waals surface area contributed by atoms with Crippen LogP contribution in [-0.4, -0.2) is 37.5 Å². The van der Waals surface area contributed by atoms with Crippen molar-refractivity contribution < 1.29 is 9.84 Å². The summed E-state index contributed by atoms with van der Waals surface area (Å²) in [5.74, 6) is 0. The molecule has 0 heterocycles. The van der Waals surface area contributed by atoms with E-state index in [9.17, 15) is 5.11 Å². The molecule has 3 nitrogen and oxygen atoms in total. The van der Waals surface area contributed by atoms with Gasteiger partial charge < -0.3 is 15.2 Å². The molecule has 15 heavy (non-hydrogen) atoms. The van der Waals surface area contributed by atoms with Crippen LogP contribution in [0.3, 0.4) is 0 Å². The SMILES string of the molecule is CCCCC(COC)NCC(O)CCC. The topological polar surface area (TPSA) is 41.5 Å². The molecule has 92 valence electrons. The Morgan fingerprint density at radius 3 is 2.47 bits per heavy atom. The lowest BCUT2D eigenvalue weighted by atomic mass is 10.1. The standard InChI is InChI=1S/C12H27NO2/c1-4-6-8-11(10-15-3)13-9-12(14)7-5-2/h11-14H,4-10H2,1-3H3. The Hall–Kier alpha value is -0.120.